The topological polar surface area (TPSA) is 82.9 Å². The fraction of sp³-hybridized carbons (Fsp3) is 0.483. The number of carboxylic acid groups (broad SMARTS) is 1. The summed E-state index contributed by atoms with van der Waals surface area (Å²) in [5.74, 6) is 0.615. The second kappa shape index (κ2) is 10.4. The molecule has 1 unspecified atom stereocenters. The summed E-state index contributed by atoms with van der Waals surface area (Å²) in [5.41, 5.74) is 5.56. The van der Waals surface area contributed by atoms with E-state index >= 15 is 0 Å². The van der Waals surface area contributed by atoms with Crippen molar-refractivity contribution in [1.82, 2.24) is 14.8 Å². The van der Waals surface area contributed by atoms with Crippen LogP contribution in [0.15, 0.2) is 48.7 Å². The molecule has 7 nitrogen and oxygen atoms in total. The number of aliphatic carboxylic acids is 1. The summed E-state index contributed by atoms with van der Waals surface area (Å²) in [5, 5.41) is 19.6. The van der Waals surface area contributed by atoms with E-state index < -0.39 is 5.97 Å². The average molecular weight is 488 g/mol. The average Bonchev–Trinajstić information content (AvgIpc) is 3.47. The van der Waals surface area contributed by atoms with Crippen LogP contribution in [-0.2, 0) is 17.6 Å². The van der Waals surface area contributed by atoms with Gasteiger partial charge in [-0.3, -0.25) is 0 Å². The van der Waals surface area contributed by atoms with Gasteiger partial charge in [0.1, 0.15) is 5.82 Å². The monoisotopic (exact) mass is 487 g/mol. The molecule has 190 valence electrons. The van der Waals surface area contributed by atoms with Gasteiger partial charge in [-0.25, -0.2) is 9.67 Å². The lowest BCUT2D eigenvalue weighted by Gasteiger charge is -2.34. The van der Waals surface area contributed by atoms with Gasteiger partial charge in [0.15, 0.2) is 0 Å². The number of rotatable bonds is 9. The molecule has 4 heterocycles. The number of carbonyl (C=O) groups is 1. The smallest absolute Gasteiger partial charge is 0.129 e. The minimum absolute atomic E-state index is 0.0338. The predicted octanol–water partition coefficient (Wildman–Crippen LogP) is 3.26. The number of aromatic nitrogens is 3. The standard InChI is InChI=1S/C29H37N5O2/c1-21-12-15-31-33(21)27-7-3-5-24(17-27)25(18-28(35)36)20-34(2)16-13-22(19-34)8-10-26-11-9-23-6-4-14-30-29(23)32-26/h3,5,7,9,11-12,15,17,22,25H,4,6,8,10,13-14,16,18-20H2,1-2H3,(H-,30,32,35,36)/t22-,25-,34?/m1/s1. The lowest BCUT2D eigenvalue weighted by molar-refractivity contribution is -0.900. The molecule has 3 aromatic rings. The highest BCUT2D eigenvalue weighted by atomic mass is 16.4. The van der Waals surface area contributed by atoms with Crippen molar-refractivity contribution in [3.8, 4) is 5.69 Å². The van der Waals surface area contributed by atoms with Gasteiger partial charge in [0.2, 0.25) is 0 Å². The Bertz CT molecular complexity index is 1220. The van der Waals surface area contributed by atoms with Crippen LogP contribution in [0.1, 0.15) is 54.1 Å². The molecule has 36 heavy (non-hydrogen) atoms. The van der Waals surface area contributed by atoms with E-state index in [0.717, 1.165) is 72.7 Å². The van der Waals surface area contributed by atoms with Gasteiger partial charge >= 0.3 is 0 Å². The maximum absolute atomic E-state index is 11.7. The van der Waals surface area contributed by atoms with Gasteiger partial charge in [0.25, 0.3) is 0 Å². The van der Waals surface area contributed by atoms with Gasteiger partial charge in [0, 0.05) is 48.4 Å². The highest BCUT2D eigenvalue weighted by Gasteiger charge is 2.36. The summed E-state index contributed by atoms with van der Waals surface area (Å²) in [4.78, 5) is 16.6. The molecule has 0 bridgehead atoms. The summed E-state index contributed by atoms with van der Waals surface area (Å²) in [6.45, 7) is 5.98. The normalized spacial score (nSPS) is 22.1. The van der Waals surface area contributed by atoms with Crippen LogP contribution in [0, 0.1) is 12.8 Å². The van der Waals surface area contributed by atoms with Crippen LogP contribution in [-0.4, -0.2) is 58.4 Å². The van der Waals surface area contributed by atoms with Gasteiger partial charge in [0.05, 0.1) is 32.4 Å². The number of likely N-dealkylation sites (N-methyl/N-ethyl adjacent to an activating group) is 1. The Balaban J connectivity index is 1.24. The van der Waals surface area contributed by atoms with E-state index in [0.29, 0.717) is 5.92 Å². The first kappa shape index (κ1) is 24.5. The molecule has 1 N–H and O–H groups in total. The molecule has 2 aliphatic rings. The molecule has 2 aliphatic heterocycles. The molecule has 0 saturated carbocycles. The Kier molecular flexibility index (Phi) is 7.10. The van der Waals surface area contributed by atoms with E-state index in [2.05, 4.69) is 35.7 Å². The number of hydrogen-bond donors (Lipinski definition) is 1. The summed E-state index contributed by atoms with van der Waals surface area (Å²) in [6.07, 6.45) is 7.40. The zero-order valence-corrected chi connectivity index (χ0v) is 21.4. The number of pyridine rings is 1. The van der Waals surface area contributed by atoms with Crippen LogP contribution in [0.25, 0.3) is 5.69 Å². The Morgan fingerprint density at radius 2 is 2.17 bits per heavy atom. The van der Waals surface area contributed by atoms with E-state index in [-0.39, 0.29) is 12.3 Å². The van der Waals surface area contributed by atoms with Crippen LogP contribution in [0.5, 0.6) is 0 Å². The van der Waals surface area contributed by atoms with Gasteiger partial charge in [-0.05, 0) is 74.4 Å². The van der Waals surface area contributed by atoms with Gasteiger partial charge in [-0.2, -0.15) is 5.10 Å². The number of fused-ring (bicyclic) bond motifs is 1. The zero-order valence-electron chi connectivity index (χ0n) is 21.4. The van der Waals surface area contributed by atoms with E-state index in [1.165, 1.54) is 24.1 Å². The van der Waals surface area contributed by atoms with Crippen molar-refractivity contribution < 1.29 is 14.4 Å². The van der Waals surface area contributed by atoms with Gasteiger partial charge < -0.3 is 19.7 Å². The van der Waals surface area contributed by atoms with Gasteiger partial charge in [-0.1, -0.05) is 18.2 Å². The molecule has 5 rings (SSSR count). The molecule has 7 heteroatoms. The number of benzene rings is 1. The second-order valence-electron chi connectivity index (χ2n) is 11.0. The molecule has 0 amide bonds. The van der Waals surface area contributed by atoms with Crippen molar-refractivity contribution in [3.63, 3.8) is 0 Å². The maximum Gasteiger partial charge on any atom is 0.129 e. The third kappa shape index (κ3) is 5.62. The molecule has 1 fully saturated rings. The molecular weight excluding hydrogens is 450 g/mol. The summed E-state index contributed by atoms with van der Waals surface area (Å²) >= 11 is 0. The van der Waals surface area contributed by atoms with Crippen molar-refractivity contribution in [3.05, 3.63) is 71.2 Å². The van der Waals surface area contributed by atoms with Crippen molar-refractivity contribution in [2.75, 3.05) is 38.5 Å². The maximum atomic E-state index is 11.7. The molecule has 3 atom stereocenters. The number of anilines is 1. The van der Waals surface area contributed by atoms with E-state index in [1.807, 2.05) is 35.9 Å². The molecule has 0 aliphatic carbocycles. The highest BCUT2D eigenvalue weighted by Crippen LogP contribution is 2.32. The minimum Gasteiger partial charge on any atom is -0.550 e. The van der Waals surface area contributed by atoms with Crippen LogP contribution in [0.4, 0.5) is 5.82 Å². The Morgan fingerprint density at radius 1 is 1.28 bits per heavy atom. The quantitative estimate of drug-likeness (QED) is 0.469. The largest absolute Gasteiger partial charge is 0.550 e. The van der Waals surface area contributed by atoms with Crippen molar-refractivity contribution >= 4 is 11.8 Å². The third-order valence-corrected chi connectivity index (χ3v) is 8.03. The zero-order chi connectivity index (χ0) is 25.1. The molecule has 0 spiro atoms. The fourth-order valence-corrected chi connectivity index (χ4v) is 6.13. The first-order valence-corrected chi connectivity index (χ1v) is 13.3. The summed E-state index contributed by atoms with van der Waals surface area (Å²) in [6, 6.07) is 14.6. The number of nitrogens with zero attached hydrogens (tertiary/aromatic N) is 4. The lowest BCUT2D eigenvalue weighted by Crippen LogP contribution is -2.45. The first-order chi connectivity index (χ1) is 17.4. The third-order valence-electron chi connectivity index (χ3n) is 8.03. The first-order valence-electron chi connectivity index (χ1n) is 13.3. The summed E-state index contributed by atoms with van der Waals surface area (Å²) < 4.78 is 2.79. The van der Waals surface area contributed by atoms with Crippen LogP contribution in [0.3, 0.4) is 0 Å². The molecule has 2 aromatic heterocycles. The van der Waals surface area contributed by atoms with Crippen LogP contribution < -0.4 is 10.4 Å². The molecule has 0 radical (unpaired) electrons. The van der Waals surface area contributed by atoms with E-state index in [9.17, 15) is 9.90 Å². The van der Waals surface area contributed by atoms with Crippen LogP contribution in [0.2, 0.25) is 0 Å². The molecule has 1 saturated heterocycles. The lowest BCUT2D eigenvalue weighted by atomic mass is 9.93. The van der Waals surface area contributed by atoms with Crippen molar-refractivity contribution in [1.29, 1.82) is 0 Å². The number of carbonyl (C=O) groups excluding carboxylic acids is 1. The summed E-state index contributed by atoms with van der Waals surface area (Å²) in [7, 11) is 2.28. The molecule has 1 aromatic carbocycles. The number of carboxylic acids is 1. The number of hydrogen-bond acceptors (Lipinski definition) is 5. The minimum atomic E-state index is -0.991. The molecular formula is C29H37N5O2. The van der Waals surface area contributed by atoms with Crippen molar-refractivity contribution in [2.24, 2.45) is 5.92 Å². The number of aryl methyl sites for hydroxylation is 3. The fourth-order valence-electron chi connectivity index (χ4n) is 6.13. The highest BCUT2D eigenvalue weighted by molar-refractivity contribution is 5.65. The van der Waals surface area contributed by atoms with Crippen molar-refractivity contribution in [2.45, 2.75) is 51.4 Å². The van der Waals surface area contributed by atoms with Gasteiger partial charge in [-0.15, -0.1) is 0 Å². The van der Waals surface area contributed by atoms with Crippen LogP contribution >= 0.6 is 0 Å². The SMILES string of the molecule is Cc1ccnn1-c1cccc([C@H](CC(=O)[O-])C[N+]2(C)CC[C@@H](CCc3ccc4c(n3)NCCC4)C2)c1. The van der Waals surface area contributed by atoms with E-state index in [4.69, 9.17) is 4.98 Å². The van der Waals surface area contributed by atoms with E-state index in [1.54, 1.807) is 6.20 Å². The Morgan fingerprint density at radius 3 is 2.97 bits per heavy atom. The number of likely N-dealkylation sites (tertiary alicyclic amines) is 1. The number of quaternary nitrogens is 1. The Hall–Kier alpha value is -3.19. The Labute approximate surface area is 213 Å². The predicted molar refractivity (Wildman–Crippen MR) is 139 cm³/mol. The second-order valence-corrected chi connectivity index (χ2v) is 11.0. The number of nitrogens with one attached hydrogen (secondary N) is 1.